The minimum Gasteiger partial charge on any atom is -0.308 e. The van der Waals surface area contributed by atoms with Crippen LogP contribution in [0, 0.1) is 11.3 Å². The van der Waals surface area contributed by atoms with Crippen LogP contribution < -0.4 is 5.32 Å². The van der Waals surface area contributed by atoms with Gasteiger partial charge in [-0.25, -0.2) is 0 Å². The first-order valence-corrected chi connectivity index (χ1v) is 7.98. The van der Waals surface area contributed by atoms with Crippen LogP contribution in [0.25, 0.3) is 0 Å². The summed E-state index contributed by atoms with van der Waals surface area (Å²) in [5.41, 5.74) is 2.22. The lowest BCUT2D eigenvalue weighted by Crippen LogP contribution is -2.53. The first kappa shape index (κ1) is 16.0. The molecule has 21 heavy (non-hydrogen) atoms. The number of likely N-dealkylation sites (N-methyl/N-ethyl adjacent to an activating group) is 1. The van der Waals surface area contributed by atoms with E-state index in [0.29, 0.717) is 5.54 Å². The van der Waals surface area contributed by atoms with E-state index in [1.54, 1.807) is 0 Å². The Bertz CT molecular complexity index is 495. The van der Waals surface area contributed by atoms with Gasteiger partial charge in [0.2, 0.25) is 0 Å². The summed E-state index contributed by atoms with van der Waals surface area (Å²) < 4.78 is 0. The van der Waals surface area contributed by atoms with Crippen LogP contribution in [-0.2, 0) is 0 Å². The van der Waals surface area contributed by atoms with Gasteiger partial charge in [-0.05, 0) is 51.6 Å². The van der Waals surface area contributed by atoms with Gasteiger partial charge in [-0.15, -0.1) is 0 Å². The smallest absolute Gasteiger partial charge is 0.0991 e. The van der Waals surface area contributed by atoms with Crippen LogP contribution in [-0.4, -0.2) is 31.1 Å². The van der Waals surface area contributed by atoms with Gasteiger partial charge in [-0.1, -0.05) is 31.4 Å². The zero-order valence-electron chi connectivity index (χ0n) is 13.5. The van der Waals surface area contributed by atoms with E-state index < -0.39 is 0 Å². The Balaban J connectivity index is 2.01. The van der Waals surface area contributed by atoms with E-state index in [2.05, 4.69) is 43.4 Å². The van der Waals surface area contributed by atoms with Gasteiger partial charge in [0, 0.05) is 18.1 Å². The van der Waals surface area contributed by atoms with Gasteiger partial charge in [0.1, 0.15) is 0 Å². The third-order valence-corrected chi connectivity index (χ3v) is 4.99. The fourth-order valence-corrected chi connectivity index (χ4v) is 3.33. The summed E-state index contributed by atoms with van der Waals surface area (Å²) in [7, 11) is 4.40. The molecule has 1 aromatic rings. The van der Waals surface area contributed by atoms with Crippen molar-refractivity contribution in [1.82, 2.24) is 10.2 Å². The Morgan fingerprint density at radius 3 is 2.62 bits per heavy atom. The summed E-state index contributed by atoms with van der Waals surface area (Å²) in [6, 6.07) is 10.4. The van der Waals surface area contributed by atoms with Crippen LogP contribution in [0.15, 0.2) is 24.3 Å². The summed E-state index contributed by atoms with van der Waals surface area (Å²) in [6.07, 6.45) is 6.58. The highest BCUT2D eigenvalue weighted by Gasteiger charge is 2.34. The molecule has 0 saturated heterocycles. The average molecular weight is 285 g/mol. The Morgan fingerprint density at radius 1 is 1.29 bits per heavy atom. The van der Waals surface area contributed by atoms with Crippen LogP contribution in [0.4, 0.5) is 0 Å². The van der Waals surface area contributed by atoms with Crippen LogP contribution >= 0.6 is 0 Å². The van der Waals surface area contributed by atoms with Gasteiger partial charge in [0.15, 0.2) is 0 Å². The minimum absolute atomic E-state index is 0.275. The second-order valence-corrected chi connectivity index (χ2v) is 6.52. The summed E-state index contributed by atoms with van der Waals surface area (Å²) in [6.45, 7) is 3.20. The number of nitrogens with zero attached hydrogens (tertiary/aromatic N) is 2. The van der Waals surface area contributed by atoms with Gasteiger partial charge in [-0.2, -0.15) is 5.26 Å². The fraction of sp³-hybridized carbons (Fsp3) is 0.611. The Kier molecular flexibility index (Phi) is 5.39. The van der Waals surface area contributed by atoms with Crippen LogP contribution in [0.1, 0.15) is 56.2 Å². The number of rotatable bonds is 5. The molecule has 1 aliphatic rings. The Hall–Kier alpha value is -1.37. The van der Waals surface area contributed by atoms with E-state index in [1.807, 2.05) is 18.2 Å². The maximum atomic E-state index is 9.01. The van der Waals surface area contributed by atoms with Crippen molar-refractivity contribution in [3.05, 3.63) is 35.4 Å². The first-order chi connectivity index (χ1) is 10.1. The predicted octanol–water partition coefficient (Wildman–Crippen LogP) is 3.47. The van der Waals surface area contributed by atoms with Crippen molar-refractivity contribution in [1.29, 1.82) is 5.26 Å². The molecule has 1 unspecified atom stereocenters. The molecule has 0 aromatic heterocycles. The van der Waals surface area contributed by atoms with Crippen molar-refractivity contribution in [3.63, 3.8) is 0 Å². The first-order valence-electron chi connectivity index (χ1n) is 7.98. The van der Waals surface area contributed by atoms with Crippen molar-refractivity contribution in [2.75, 3.05) is 20.6 Å². The molecule has 0 spiro atoms. The van der Waals surface area contributed by atoms with Crippen molar-refractivity contribution < 1.29 is 0 Å². The van der Waals surface area contributed by atoms with Gasteiger partial charge >= 0.3 is 0 Å². The fourth-order valence-electron chi connectivity index (χ4n) is 3.33. The van der Waals surface area contributed by atoms with Gasteiger partial charge < -0.3 is 10.2 Å². The zero-order valence-corrected chi connectivity index (χ0v) is 13.5. The van der Waals surface area contributed by atoms with Crippen molar-refractivity contribution in [2.45, 2.75) is 50.6 Å². The minimum atomic E-state index is 0.275. The normalized spacial score (nSPS) is 19.2. The second-order valence-electron chi connectivity index (χ2n) is 6.52. The van der Waals surface area contributed by atoms with Crippen LogP contribution in [0.3, 0.4) is 0 Å². The van der Waals surface area contributed by atoms with Crippen LogP contribution in [0.2, 0.25) is 0 Å². The van der Waals surface area contributed by atoms with E-state index in [-0.39, 0.29) is 6.04 Å². The highest BCUT2D eigenvalue weighted by Crippen LogP contribution is 2.32. The molecule has 0 radical (unpaired) electrons. The number of benzene rings is 1. The summed E-state index contributed by atoms with van der Waals surface area (Å²) >= 11 is 0. The lowest BCUT2D eigenvalue weighted by Gasteiger charge is -2.44. The number of hydrogen-bond acceptors (Lipinski definition) is 3. The zero-order chi connectivity index (χ0) is 15.3. The topological polar surface area (TPSA) is 39.1 Å². The number of nitriles is 1. The quantitative estimate of drug-likeness (QED) is 0.900. The molecular weight excluding hydrogens is 258 g/mol. The molecule has 1 fully saturated rings. The van der Waals surface area contributed by atoms with Gasteiger partial charge in [0.25, 0.3) is 0 Å². The monoisotopic (exact) mass is 285 g/mol. The SMILES string of the molecule is CC(NCC1(N(C)C)CCCCC1)c1cccc(C#N)c1. The molecule has 114 valence electrons. The standard InChI is InChI=1S/C18H27N3/c1-15(17-9-7-8-16(12-17)13-19)20-14-18(21(2)3)10-5-4-6-11-18/h7-9,12,15,20H,4-6,10-11,14H2,1-3H3. The molecule has 2 rings (SSSR count). The van der Waals surface area contributed by atoms with E-state index in [1.165, 1.54) is 37.7 Å². The lowest BCUT2D eigenvalue weighted by atomic mass is 9.80. The highest BCUT2D eigenvalue weighted by molar-refractivity contribution is 5.34. The van der Waals surface area contributed by atoms with Crippen molar-refractivity contribution in [3.8, 4) is 6.07 Å². The lowest BCUT2D eigenvalue weighted by molar-refractivity contribution is 0.0958. The average Bonchev–Trinajstić information content (AvgIpc) is 2.53. The highest BCUT2D eigenvalue weighted by atomic mass is 15.2. The summed E-state index contributed by atoms with van der Waals surface area (Å²) in [5, 5.41) is 12.7. The largest absolute Gasteiger partial charge is 0.308 e. The number of nitrogens with one attached hydrogen (secondary N) is 1. The van der Waals surface area contributed by atoms with E-state index >= 15 is 0 Å². The third-order valence-electron chi connectivity index (χ3n) is 4.99. The maximum absolute atomic E-state index is 9.01. The van der Waals surface area contributed by atoms with Crippen LogP contribution in [0.5, 0.6) is 0 Å². The third kappa shape index (κ3) is 3.84. The molecule has 0 aliphatic heterocycles. The molecule has 0 heterocycles. The van der Waals surface area contributed by atoms with E-state index in [9.17, 15) is 0 Å². The van der Waals surface area contributed by atoms with Crippen molar-refractivity contribution >= 4 is 0 Å². The predicted molar refractivity (Wildman–Crippen MR) is 87.1 cm³/mol. The molecule has 1 atom stereocenters. The second kappa shape index (κ2) is 7.06. The van der Waals surface area contributed by atoms with E-state index in [4.69, 9.17) is 5.26 Å². The van der Waals surface area contributed by atoms with E-state index in [0.717, 1.165) is 12.1 Å². The summed E-state index contributed by atoms with van der Waals surface area (Å²) in [4.78, 5) is 2.40. The maximum Gasteiger partial charge on any atom is 0.0991 e. The molecule has 0 bridgehead atoms. The molecule has 1 aliphatic carbocycles. The number of hydrogen-bond donors (Lipinski definition) is 1. The summed E-state index contributed by atoms with van der Waals surface area (Å²) in [5.74, 6) is 0. The molecule has 0 amide bonds. The molecule has 3 heteroatoms. The Morgan fingerprint density at radius 2 is 2.00 bits per heavy atom. The molecule has 3 nitrogen and oxygen atoms in total. The van der Waals surface area contributed by atoms with Gasteiger partial charge in [-0.3, -0.25) is 0 Å². The molecule has 1 saturated carbocycles. The van der Waals surface area contributed by atoms with Crippen molar-refractivity contribution in [2.24, 2.45) is 0 Å². The molecule has 1 N–H and O–H groups in total. The van der Waals surface area contributed by atoms with Gasteiger partial charge in [0.05, 0.1) is 11.6 Å². The molecular formula is C18H27N3. The Labute approximate surface area is 129 Å². The molecule has 1 aromatic carbocycles.